The van der Waals surface area contributed by atoms with Crippen molar-refractivity contribution in [1.29, 1.82) is 5.26 Å². The lowest BCUT2D eigenvalue weighted by Crippen LogP contribution is -1.99. The van der Waals surface area contributed by atoms with E-state index in [2.05, 4.69) is 34.6 Å². The maximum atomic E-state index is 12.5. The first kappa shape index (κ1) is 18.5. The Morgan fingerprint density at radius 3 is 2.67 bits per heavy atom. The number of hydrogen-bond acceptors (Lipinski definition) is 6. The Labute approximate surface area is 160 Å². The van der Waals surface area contributed by atoms with Crippen molar-refractivity contribution in [3.05, 3.63) is 65.6 Å². The number of aromatic nitrogens is 2. The average Bonchev–Trinajstić information content (AvgIpc) is 3.39. The van der Waals surface area contributed by atoms with Gasteiger partial charge in [0.15, 0.2) is 0 Å². The molecule has 0 fully saturated rings. The highest BCUT2D eigenvalue weighted by Crippen LogP contribution is 2.30. The Morgan fingerprint density at radius 1 is 1.19 bits per heavy atom. The molecule has 0 aliphatic heterocycles. The summed E-state index contributed by atoms with van der Waals surface area (Å²) in [5, 5.41) is 22.7. The first-order valence-electron chi connectivity index (χ1n) is 8.39. The van der Waals surface area contributed by atoms with Crippen LogP contribution in [0.25, 0.3) is 21.5 Å². The quantitative estimate of drug-likeness (QED) is 0.508. The van der Waals surface area contributed by atoms with E-state index in [0.29, 0.717) is 11.5 Å². The van der Waals surface area contributed by atoms with Gasteiger partial charge in [-0.05, 0) is 54.3 Å². The lowest BCUT2D eigenvalue weighted by Gasteiger charge is -2.06. The number of halogens is 1. The number of benzene rings is 2. The molecule has 0 saturated carbocycles. The third-order valence-electron chi connectivity index (χ3n) is 3.75. The number of fused-ring (bicyclic) bond motifs is 1. The molecule has 27 heavy (non-hydrogen) atoms. The van der Waals surface area contributed by atoms with Gasteiger partial charge in [-0.2, -0.15) is 5.26 Å². The molecule has 0 bridgehead atoms. The molecule has 0 radical (unpaired) electrons. The van der Waals surface area contributed by atoms with Crippen molar-refractivity contribution in [2.75, 3.05) is 11.9 Å². The predicted molar refractivity (Wildman–Crippen MR) is 105 cm³/mol. The summed E-state index contributed by atoms with van der Waals surface area (Å²) in [5.74, 6) is 0.119. The van der Waals surface area contributed by atoms with Crippen LogP contribution in [0.4, 0.5) is 10.1 Å². The minimum atomic E-state index is -0.279. The Balaban J connectivity index is 0.000000159. The third kappa shape index (κ3) is 4.49. The largest absolute Gasteiger partial charge is 0.423 e. The zero-order valence-corrected chi connectivity index (χ0v) is 15.5. The van der Waals surface area contributed by atoms with E-state index < -0.39 is 0 Å². The van der Waals surface area contributed by atoms with Gasteiger partial charge >= 0.3 is 0 Å². The molecular formula is C20H17FN4OS. The number of nitrogens with zero attached hydrogens (tertiary/aromatic N) is 3. The SMILES string of the molecule is CCCNc1ccc(C#N)c2sccc12.Fc1ccc(-c2nnco2)cc1. The van der Waals surface area contributed by atoms with Crippen molar-refractivity contribution in [1.82, 2.24) is 10.2 Å². The summed E-state index contributed by atoms with van der Waals surface area (Å²) in [4.78, 5) is 0. The highest BCUT2D eigenvalue weighted by molar-refractivity contribution is 7.17. The van der Waals surface area contributed by atoms with Gasteiger partial charge in [0.05, 0.1) is 10.3 Å². The van der Waals surface area contributed by atoms with Crippen LogP contribution in [0.2, 0.25) is 0 Å². The molecule has 0 amide bonds. The highest BCUT2D eigenvalue weighted by Gasteiger charge is 2.06. The predicted octanol–water partition coefficient (Wildman–Crippen LogP) is 5.47. The molecule has 136 valence electrons. The molecule has 2 heterocycles. The van der Waals surface area contributed by atoms with Gasteiger partial charge in [-0.1, -0.05) is 6.92 Å². The van der Waals surface area contributed by atoms with E-state index >= 15 is 0 Å². The van der Waals surface area contributed by atoms with Crippen LogP contribution in [0.15, 0.2) is 58.7 Å². The maximum Gasteiger partial charge on any atom is 0.247 e. The summed E-state index contributed by atoms with van der Waals surface area (Å²) in [5.41, 5.74) is 2.61. The lowest BCUT2D eigenvalue weighted by molar-refractivity contribution is 0.568. The monoisotopic (exact) mass is 380 g/mol. The van der Waals surface area contributed by atoms with Crippen LogP contribution >= 0.6 is 11.3 Å². The van der Waals surface area contributed by atoms with Crippen LogP contribution < -0.4 is 5.32 Å². The molecule has 0 aliphatic rings. The van der Waals surface area contributed by atoms with Gasteiger partial charge in [-0.25, -0.2) is 4.39 Å². The molecule has 4 aromatic rings. The van der Waals surface area contributed by atoms with Crippen LogP contribution in [-0.2, 0) is 0 Å². The molecule has 0 atom stereocenters. The van der Waals surface area contributed by atoms with E-state index in [4.69, 9.17) is 9.68 Å². The Hall–Kier alpha value is -3.24. The van der Waals surface area contributed by atoms with Crippen LogP contribution in [0.3, 0.4) is 0 Å². The zero-order chi connectivity index (χ0) is 19.1. The number of rotatable bonds is 4. The second-order valence-corrected chi connectivity index (χ2v) is 6.53. The van der Waals surface area contributed by atoms with E-state index in [1.807, 2.05) is 17.5 Å². The van der Waals surface area contributed by atoms with E-state index in [1.165, 1.54) is 18.5 Å². The fraction of sp³-hybridized carbons (Fsp3) is 0.150. The van der Waals surface area contributed by atoms with Gasteiger partial charge in [0.1, 0.15) is 11.9 Å². The Kier molecular flexibility index (Phi) is 6.13. The first-order chi connectivity index (χ1) is 13.2. The summed E-state index contributed by atoms with van der Waals surface area (Å²) in [7, 11) is 0. The molecule has 7 heteroatoms. The molecule has 1 N–H and O–H groups in total. The zero-order valence-electron chi connectivity index (χ0n) is 14.6. The number of hydrogen-bond donors (Lipinski definition) is 1. The van der Waals surface area contributed by atoms with E-state index in [0.717, 1.165) is 34.3 Å². The fourth-order valence-electron chi connectivity index (χ4n) is 2.46. The number of nitriles is 1. The fourth-order valence-corrected chi connectivity index (χ4v) is 3.34. The van der Waals surface area contributed by atoms with E-state index in [1.54, 1.807) is 23.5 Å². The number of thiophene rings is 1. The summed E-state index contributed by atoms with van der Waals surface area (Å²) >= 11 is 1.62. The van der Waals surface area contributed by atoms with Gasteiger partial charge in [0.2, 0.25) is 12.3 Å². The Bertz CT molecular complexity index is 1040. The Morgan fingerprint density at radius 2 is 2.00 bits per heavy atom. The third-order valence-corrected chi connectivity index (χ3v) is 4.70. The molecule has 0 aliphatic carbocycles. The summed E-state index contributed by atoms with van der Waals surface area (Å²) in [6.45, 7) is 3.11. The van der Waals surface area contributed by atoms with Crippen molar-refractivity contribution >= 4 is 27.1 Å². The van der Waals surface area contributed by atoms with E-state index in [9.17, 15) is 4.39 Å². The molecule has 0 spiro atoms. The van der Waals surface area contributed by atoms with Gasteiger partial charge in [-0.3, -0.25) is 0 Å². The molecule has 4 rings (SSSR count). The van der Waals surface area contributed by atoms with Crippen LogP contribution in [0, 0.1) is 17.1 Å². The minimum Gasteiger partial charge on any atom is -0.423 e. The van der Waals surface area contributed by atoms with Crippen LogP contribution in [0.5, 0.6) is 0 Å². The number of nitrogens with one attached hydrogen (secondary N) is 1. The highest BCUT2D eigenvalue weighted by atomic mass is 32.1. The van der Waals surface area contributed by atoms with Gasteiger partial charge < -0.3 is 9.73 Å². The average molecular weight is 380 g/mol. The van der Waals surface area contributed by atoms with Crippen LogP contribution in [0.1, 0.15) is 18.9 Å². The molecule has 2 aromatic carbocycles. The van der Waals surface area contributed by atoms with Crippen LogP contribution in [-0.4, -0.2) is 16.7 Å². The lowest BCUT2D eigenvalue weighted by atomic mass is 10.1. The minimum absolute atomic E-state index is 0.279. The molecular weight excluding hydrogens is 363 g/mol. The first-order valence-corrected chi connectivity index (χ1v) is 9.27. The molecule has 2 aromatic heterocycles. The number of anilines is 1. The van der Waals surface area contributed by atoms with Crippen molar-refractivity contribution in [3.63, 3.8) is 0 Å². The summed E-state index contributed by atoms with van der Waals surface area (Å²) in [6.07, 6.45) is 2.34. The van der Waals surface area contributed by atoms with Crippen molar-refractivity contribution in [2.24, 2.45) is 0 Å². The molecule has 5 nitrogen and oxygen atoms in total. The van der Waals surface area contributed by atoms with Gasteiger partial charge in [-0.15, -0.1) is 21.5 Å². The molecule has 0 unspecified atom stereocenters. The van der Waals surface area contributed by atoms with Gasteiger partial charge in [0, 0.05) is 23.2 Å². The molecule has 0 saturated heterocycles. The van der Waals surface area contributed by atoms with E-state index in [-0.39, 0.29) is 5.82 Å². The standard InChI is InChI=1S/C12H12N2S.C8H5FN2O/c1-2-6-14-11-4-3-9(8-13)12-10(11)5-7-15-12;9-7-3-1-6(2-4-7)8-11-10-5-12-8/h3-5,7,14H,2,6H2,1H3;1-5H. The van der Waals surface area contributed by atoms with Gasteiger partial charge in [0.25, 0.3) is 0 Å². The summed E-state index contributed by atoms with van der Waals surface area (Å²) in [6, 6.07) is 14.0. The normalized spacial score (nSPS) is 10.1. The van der Waals surface area contributed by atoms with Crippen molar-refractivity contribution < 1.29 is 8.81 Å². The smallest absolute Gasteiger partial charge is 0.247 e. The summed E-state index contributed by atoms with van der Waals surface area (Å²) < 4.78 is 18.5. The maximum absolute atomic E-state index is 12.5. The second-order valence-electron chi connectivity index (χ2n) is 5.61. The second kappa shape index (κ2) is 8.92. The topological polar surface area (TPSA) is 74.7 Å². The van der Waals surface area contributed by atoms with Crippen molar-refractivity contribution in [3.8, 4) is 17.5 Å². The van der Waals surface area contributed by atoms with Crippen molar-refractivity contribution in [2.45, 2.75) is 13.3 Å².